The molecule has 18 heteroatoms. The van der Waals surface area contributed by atoms with Crippen molar-refractivity contribution in [2.45, 2.75) is 182 Å². The molecule has 0 unspecified atom stereocenters. The van der Waals surface area contributed by atoms with Gasteiger partial charge in [0.1, 0.15) is 45.2 Å². The molecule has 0 radical (unpaired) electrons. The highest BCUT2D eigenvalue weighted by Gasteiger charge is 2.25. The van der Waals surface area contributed by atoms with Gasteiger partial charge in [-0.3, -0.25) is 0 Å². The lowest BCUT2D eigenvalue weighted by Crippen LogP contribution is -1.97. The molecule has 4 N–H and O–H groups in total. The molecule has 114 heavy (non-hydrogen) atoms. The highest BCUT2D eigenvalue weighted by Crippen LogP contribution is 2.40. The van der Waals surface area contributed by atoms with E-state index in [1.807, 2.05) is 194 Å². The normalized spacial score (nSPS) is 11.7. The Kier molecular flexibility index (Phi) is 26.4. The van der Waals surface area contributed by atoms with Gasteiger partial charge in [-0.25, -0.2) is 59.8 Å². The predicted octanol–water partition coefficient (Wildman–Crippen LogP) is 25.2. The van der Waals surface area contributed by atoms with Gasteiger partial charge in [0.15, 0.2) is 46.6 Å². The van der Waals surface area contributed by atoms with Crippen LogP contribution in [0.5, 0.6) is 0 Å². The molecule has 0 spiro atoms. The zero-order chi connectivity index (χ0) is 77.6. The summed E-state index contributed by atoms with van der Waals surface area (Å²) in [6.45, 7) is 13.0. The standard InChI is InChI=1S/2C32H18N8.2C16H34O/c2*1-2-10-18-17(9-1)25-33-26(18)38-28-21-13-5-6-14-22(21)30(35-28)40-32-24-16-8-7-15-23(24)31(36-32)39-29-20-12-4-3-11-19(20)27(34-29)37-25;2*1-3-5-7-9-11-13-15-17-16-14-12-10-8-6-4-2/h2*1-16H,(H2,33,34,35,36,37,38,39,40);2*3-16H2,1-2H3. The Labute approximate surface area is 667 Å². The molecule has 18 nitrogen and oxygen atoms in total. The molecule has 0 aliphatic carbocycles. The number of nitrogens with one attached hydrogen (secondary N) is 4. The summed E-state index contributed by atoms with van der Waals surface area (Å²) in [5, 5.41) is 7.64. The SMILES string of the molecule is CCCCCCCCOCCCCCCCC.CCCCCCCCOCCCCCCCC.c1ccc2c(c1)-c1nc-2nc2[nH]c(nc3nc(nc4[nH]c(n1)c1ccccc41)-c1ccccc1-3)c1ccccc21.c1ccc2c(c1)-c1nc-2nc2[nH]c(nc3nc(nc4[nH]c(n1)c1ccccc41)-c1ccccc1-3)c1ccccc21. The number of unbranched alkanes of at least 4 members (excludes halogenated alkanes) is 20. The number of aromatic amines is 4. The van der Waals surface area contributed by atoms with Gasteiger partial charge in [-0.05, 0) is 25.7 Å². The third-order valence-electron chi connectivity index (χ3n) is 21.5. The molecule has 0 fully saturated rings. The molecule has 580 valence electrons. The highest BCUT2D eigenvalue weighted by atomic mass is 16.5. The van der Waals surface area contributed by atoms with Crippen LogP contribution >= 0.6 is 0 Å². The number of rotatable bonds is 28. The van der Waals surface area contributed by atoms with E-state index in [1.54, 1.807) is 0 Å². The molecule has 18 rings (SSSR count). The minimum atomic E-state index is 0.597. The summed E-state index contributed by atoms with van der Waals surface area (Å²) >= 11 is 0. The van der Waals surface area contributed by atoms with Crippen LogP contribution in [-0.2, 0) is 9.47 Å². The van der Waals surface area contributed by atoms with Crippen molar-refractivity contribution in [3.63, 3.8) is 0 Å². The number of nitrogens with zero attached hydrogens (tertiary/aromatic N) is 12. The smallest absolute Gasteiger partial charge is 0.164 e. The van der Waals surface area contributed by atoms with Gasteiger partial charge in [-0.15, -0.1) is 0 Å². The van der Waals surface area contributed by atoms with Crippen LogP contribution < -0.4 is 0 Å². The molecule has 0 saturated heterocycles. The van der Waals surface area contributed by atoms with Crippen molar-refractivity contribution < 1.29 is 9.47 Å². The van der Waals surface area contributed by atoms with Crippen molar-refractivity contribution in [2.75, 3.05) is 26.4 Å². The number of H-pyrrole nitrogens is 4. The van der Waals surface area contributed by atoms with Gasteiger partial charge in [-0.2, -0.15) is 0 Å². The summed E-state index contributed by atoms with van der Waals surface area (Å²) in [5.74, 6) is 4.78. The van der Waals surface area contributed by atoms with Crippen LogP contribution in [0.3, 0.4) is 0 Å². The van der Waals surface area contributed by atoms with Crippen molar-refractivity contribution in [3.05, 3.63) is 194 Å². The minimum absolute atomic E-state index is 0.597. The third-order valence-corrected chi connectivity index (χ3v) is 21.5. The molecule has 14 aromatic rings. The van der Waals surface area contributed by atoms with E-state index in [9.17, 15) is 0 Å². The maximum atomic E-state index is 5.65. The zero-order valence-corrected chi connectivity index (χ0v) is 66.5. The summed E-state index contributed by atoms with van der Waals surface area (Å²) in [6.07, 6.45) is 32.7. The van der Waals surface area contributed by atoms with Gasteiger partial charge < -0.3 is 29.4 Å². The molecular formula is C96H104N16O2. The number of benzene rings is 8. The van der Waals surface area contributed by atoms with Crippen LogP contribution in [0.1, 0.15) is 182 Å². The van der Waals surface area contributed by atoms with Gasteiger partial charge >= 0.3 is 0 Å². The first-order valence-corrected chi connectivity index (χ1v) is 42.0. The lowest BCUT2D eigenvalue weighted by Gasteiger charge is -2.04. The lowest BCUT2D eigenvalue weighted by molar-refractivity contribution is 0.125. The Morgan fingerprint density at radius 3 is 0.474 bits per heavy atom. The Morgan fingerprint density at radius 1 is 0.175 bits per heavy atom. The number of hydrogen-bond acceptors (Lipinski definition) is 14. The molecule has 4 aliphatic rings. The minimum Gasteiger partial charge on any atom is -0.381 e. The molecule has 16 bridgehead atoms. The van der Waals surface area contributed by atoms with E-state index in [2.05, 4.69) is 47.6 Å². The van der Waals surface area contributed by atoms with E-state index in [4.69, 9.17) is 69.3 Å². The van der Waals surface area contributed by atoms with Gasteiger partial charge in [-0.1, -0.05) is 350 Å². The second kappa shape index (κ2) is 38.8. The first kappa shape index (κ1) is 77.7. The second-order valence-corrected chi connectivity index (χ2v) is 29.9. The zero-order valence-electron chi connectivity index (χ0n) is 66.5. The first-order valence-electron chi connectivity index (χ1n) is 42.0. The molecule has 4 aliphatic heterocycles. The van der Waals surface area contributed by atoms with E-state index in [0.717, 1.165) is 114 Å². The lowest BCUT2D eigenvalue weighted by atomic mass is 10.1. The monoisotopic (exact) mass is 1510 g/mol. The molecule has 10 heterocycles. The van der Waals surface area contributed by atoms with Crippen LogP contribution in [0.25, 0.3) is 179 Å². The van der Waals surface area contributed by atoms with Crippen molar-refractivity contribution in [3.8, 4) is 91.1 Å². The van der Waals surface area contributed by atoms with Crippen molar-refractivity contribution in [1.29, 1.82) is 0 Å². The summed E-state index contributed by atoms with van der Waals surface area (Å²) < 4.78 is 11.3. The predicted molar refractivity (Wildman–Crippen MR) is 467 cm³/mol. The summed E-state index contributed by atoms with van der Waals surface area (Å²) in [6, 6.07) is 64.5. The molecular weight excluding hydrogens is 1410 g/mol. The van der Waals surface area contributed by atoms with Crippen LogP contribution in [0.4, 0.5) is 0 Å². The maximum Gasteiger partial charge on any atom is 0.164 e. The molecule has 8 aromatic carbocycles. The number of ether oxygens (including phenoxy) is 2. The van der Waals surface area contributed by atoms with Crippen molar-refractivity contribution >= 4 is 88.3 Å². The van der Waals surface area contributed by atoms with Crippen molar-refractivity contribution in [2.24, 2.45) is 0 Å². The maximum absolute atomic E-state index is 5.65. The Balaban J connectivity index is 0.000000130. The molecule has 0 atom stereocenters. The molecule has 0 saturated carbocycles. The Bertz CT molecular complexity index is 4950. The average Bonchev–Trinajstić information content (AvgIpc) is 1.61. The fourth-order valence-electron chi connectivity index (χ4n) is 15.3. The fraction of sp³-hybridized carbons (Fsp3) is 0.333. The van der Waals surface area contributed by atoms with E-state index in [-0.39, 0.29) is 0 Å². The second-order valence-electron chi connectivity index (χ2n) is 29.9. The molecule has 0 amide bonds. The highest BCUT2D eigenvalue weighted by molar-refractivity contribution is 6.08. The van der Waals surface area contributed by atoms with Crippen LogP contribution in [0.2, 0.25) is 0 Å². The van der Waals surface area contributed by atoms with Crippen LogP contribution in [-0.4, -0.2) is 106 Å². The van der Waals surface area contributed by atoms with E-state index in [0.29, 0.717) is 91.8 Å². The quantitative estimate of drug-likeness (QED) is 0.0334. The fourth-order valence-corrected chi connectivity index (χ4v) is 15.3. The Hall–Kier alpha value is -11.6. The van der Waals surface area contributed by atoms with Gasteiger partial charge in [0.05, 0.1) is 0 Å². The van der Waals surface area contributed by atoms with E-state index < -0.39 is 0 Å². The summed E-state index contributed by atoms with van der Waals surface area (Å²) in [5.41, 5.74) is 12.9. The van der Waals surface area contributed by atoms with Gasteiger partial charge in [0, 0.05) is 114 Å². The number of aromatic nitrogens is 16. The summed E-state index contributed by atoms with van der Waals surface area (Å²) in [4.78, 5) is 73.5. The van der Waals surface area contributed by atoms with Crippen molar-refractivity contribution in [1.82, 2.24) is 79.7 Å². The largest absolute Gasteiger partial charge is 0.381 e. The summed E-state index contributed by atoms with van der Waals surface area (Å²) in [7, 11) is 0. The van der Waals surface area contributed by atoms with E-state index >= 15 is 0 Å². The van der Waals surface area contributed by atoms with Crippen LogP contribution in [0.15, 0.2) is 194 Å². The van der Waals surface area contributed by atoms with Gasteiger partial charge in [0.25, 0.3) is 0 Å². The number of hydrogen-bond donors (Lipinski definition) is 4. The number of fused-ring (bicyclic) bond motifs is 40. The topological polar surface area (TPSA) is 236 Å². The first-order chi connectivity index (χ1) is 56.4. The molecule has 6 aromatic heterocycles. The average molecular weight is 1510 g/mol. The van der Waals surface area contributed by atoms with Crippen LogP contribution in [0, 0.1) is 0 Å². The van der Waals surface area contributed by atoms with E-state index in [1.165, 1.54) is 154 Å². The third kappa shape index (κ3) is 18.4. The van der Waals surface area contributed by atoms with Gasteiger partial charge in [0.2, 0.25) is 0 Å². The Morgan fingerprint density at radius 2 is 0.316 bits per heavy atom.